The topological polar surface area (TPSA) is 0 Å². The fourth-order valence-electron chi connectivity index (χ4n) is 5.51. The van der Waals surface area contributed by atoms with Gasteiger partial charge in [0.25, 0.3) is 0 Å². The fourth-order valence-corrected chi connectivity index (χ4v) is 5.51. The van der Waals surface area contributed by atoms with Crippen molar-refractivity contribution in [2.45, 2.75) is 64.2 Å². The van der Waals surface area contributed by atoms with Gasteiger partial charge in [-0.15, -0.1) is 0 Å². The van der Waals surface area contributed by atoms with Crippen LogP contribution in [-0.2, 0) is 0 Å². The zero-order chi connectivity index (χ0) is 9.23. The van der Waals surface area contributed by atoms with Crippen LogP contribution in [0.2, 0.25) is 0 Å². The van der Waals surface area contributed by atoms with E-state index in [1.165, 1.54) is 11.8 Å². The van der Waals surface area contributed by atoms with Crippen molar-refractivity contribution in [2.24, 2.45) is 22.7 Å². The van der Waals surface area contributed by atoms with Crippen molar-refractivity contribution >= 4 is 0 Å². The minimum absolute atomic E-state index is 0.927. The molecular weight excluding hydrogens is 168 g/mol. The van der Waals surface area contributed by atoms with Gasteiger partial charge in [0.15, 0.2) is 0 Å². The summed E-state index contributed by atoms with van der Waals surface area (Å²) in [5.74, 6) is 2.39. The first kappa shape index (κ1) is 8.19. The van der Waals surface area contributed by atoms with Gasteiger partial charge >= 0.3 is 0 Å². The van der Waals surface area contributed by atoms with Gasteiger partial charge in [0.1, 0.15) is 0 Å². The fraction of sp³-hybridized carbons (Fsp3) is 1.00. The molecule has 0 aromatic heterocycles. The number of fused-ring (bicyclic) bond motifs is 3. The van der Waals surface area contributed by atoms with Crippen LogP contribution in [0.5, 0.6) is 0 Å². The first-order chi connectivity index (χ1) is 6.87. The largest absolute Gasteiger partial charge is 0.0530 e. The van der Waals surface area contributed by atoms with Gasteiger partial charge < -0.3 is 0 Å². The van der Waals surface area contributed by atoms with Crippen LogP contribution in [0.3, 0.4) is 0 Å². The minimum Gasteiger partial charge on any atom is -0.0530 e. The van der Waals surface area contributed by atoms with Gasteiger partial charge in [-0.25, -0.2) is 0 Å². The predicted octanol–water partition coefficient (Wildman–Crippen LogP) is 4.15. The van der Waals surface area contributed by atoms with Crippen LogP contribution in [0.25, 0.3) is 0 Å². The van der Waals surface area contributed by atoms with E-state index in [0.29, 0.717) is 0 Å². The van der Waals surface area contributed by atoms with Crippen molar-refractivity contribution in [3.8, 4) is 0 Å². The van der Waals surface area contributed by atoms with Crippen molar-refractivity contribution in [3.63, 3.8) is 0 Å². The molecule has 4 fully saturated rings. The molecule has 4 rings (SSSR count). The maximum atomic E-state index is 1.64. The molecule has 0 heterocycles. The first-order valence-corrected chi connectivity index (χ1v) is 6.87. The monoisotopic (exact) mass is 190 g/mol. The first-order valence-electron chi connectivity index (χ1n) is 6.87. The van der Waals surface area contributed by atoms with Crippen LogP contribution >= 0.6 is 0 Å². The van der Waals surface area contributed by atoms with Crippen molar-refractivity contribution in [2.75, 3.05) is 0 Å². The lowest BCUT2D eigenvalue weighted by Crippen LogP contribution is -2.26. The summed E-state index contributed by atoms with van der Waals surface area (Å²) in [5, 5.41) is 0. The lowest BCUT2D eigenvalue weighted by Gasteiger charge is -2.35. The molecule has 0 aliphatic heterocycles. The highest BCUT2D eigenvalue weighted by Gasteiger charge is 2.74. The molecule has 0 amide bonds. The van der Waals surface area contributed by atoms with Gasteiger partial charge in [0, 0.05) is 0 Å². The highest BCUT2D eigenvalue weighted by molar-refractivity contribution is 5.23. The van der Waals surface area contributed by atoms with Crippen molar-refractivity contribution < 1.29 is 0 Å². The Kier molecular flexibility index (Phi) is 1.40. The molecule has 0 N–H and O–H groups in total. The Morgan fingerprint density at radius 1 is 0.643 bits per heavy atom. The van der Waals surface area contributed by atoms with Gasteiger partial charge in [-0.1, -0.05) is 25.7 Å². The Balaban J connectivity index is 1.63. The lowest BCUT2D eigenvalue weighted by atomic mass is 9.70. The molecule has 4 saturated carbocycles. The molecule has 4 aliphatic rings. The summed E-state index contributed by atoms with van der Waals surface area (Å²) in [7, 11) is 0. The third-order valence-corrected chi connectivity index (χ3v) is 6.31. The molecule has 4 atom stereocenters. The van der Waals surface area contributed by atoms with Crippen LogP contribution < -0.4 is 0 Å². The maximum absolute atomic E-state index is 1.64. The Hall–Kier alpha value is 0. The van der Waals surface area contributed by atoms with E-state index in [4.69, 9.17) is 0 Å². The van der Waals surface area contributed by atoms with Crippen LogP contribution in [-0.4, -0.2) is 0 Å². The summed E-state index contributed by atoms with van der Waals surface area (Å²) >= 11 is 0. The van der Waals surface area contributed by atoms with Gasteiger partial charge in [-0.05, 0) is 61.2 Å². The number of hydrogen-bond acceptors (Lipinski definition) is 0. The molecule has 0 heteroatoms. The van der Waals surface area contributed by atoms with E-state index in [9.17, 15) is 0 Å². The molecule has 0 spiro atoms. The van der Waals surface area contributed by atoms with Gasteiger partial charge in [0.05, 0.1) is 0 Å². The zero-order valence-electron chi connectivity index (χ0n) is 9.23. The molecule has 4 aliphatic carbocycles. The molecular formula is C14H22. The van der Waals surface area contributed by atoms with E-state index >= 15 is 0 Å². The predicted molar refractivity (Wildman–Crippen MR) is 58.0 cm³/mol. The summed E-state index contributed by atoms with van der Waals surface area (Å²) in [6.45, 7) is 0. The standard InChI is InChI=1S/C14H22/c1-3-7-13(9-11(13)5-1)14-8-4-2-6-12(14)10-14/h11-12H,1-10H2. The average Bonchev–Trinajstić information content (AvgIpc) is 3.11. The van der Waals surface area contributed by atoms with Gasteiger partial charge in [-0.2, -0.15) is 0 Å². The van der Waals surface area contributed by atoms with Gasteiger partial charge in [0.2, 0.25) is 0 Å². The van der Waals surface area contributed by atoms with Crippen molar-refractivity contribution in [1.82, 2.24) is 0 Å². The minimum atomic E-state index is 0.927. The Labute approximate surface area is 87.5 Å². The van der Waals surface area contributed by atoms with E-state index < -0.39 is 0 Å². The second kappa shape index (κ2) is 2.39. The number of rotatable bonds is 1. The molecule has 4 unspecified atom stereocenters. The lowest BCUT2D eigenvalue weighted by molar-refractivity contribution is 0.146. The number of hydrogen-bond donors (Lipinski definition) is 0. The molecule has 0 nitrogen and oxygen atoms in total. The maximum Gasteiger partial charge on any atom is -0.0207 e. The molecule has 14 heavy (non-hydrogen) atoms. The van der Waals surface area contributed by atoms with E-state index in [0.717, 1.165) is 10.8 Å². The third-order valence-electron chi connectivity index (χ3n) is 6.31. The third kappa shape index (κ3) is 0.785. The summed E-state index contributed by atoms with van der Waals surface area (Å²) in [5.41, 5.74) is 1.85. The van der Waals surface area contributed by atoms with Gasteiger partial charge in [-0.3, -0.25) is 0 Å². The molecule has 0 aromatic carbocycles. The summed E-state index contributed by atoms with van der Waals surface area (Å²) in [6.07, 6.45) is 15.9. The van der Waals surface area contributed by atoms with E-state index in [2.05, 4.69) is 0 Å². The smallest absolute Gasteiger partial charge is 0.0207 e. The van der Waals surface area contributed by atoms with Crippen LogP contribution in [0, 0.1) is 22.7 Å². The molecule has 78 valence electrons. The summed E-state index contributed by atoms with van der Waals surface area (Å²) < 4.78 is 0. The van der Waals surface area contributed by atoms with E-state index in [-0.39, 0.29) is 0 Å². The molecule has 0 saturated heterocycles. The molecule has 0 aromatic rings. The van der Waals surface area contributed by atoms with Crippen LogP contribution in [0.4, 0.5) is 0 Å². The van der Waals surface area contributed by atoms with Crippen molar-refractivity contribution in [1.29, 1.82) is 0 Å². The molecule has 0 bridgehead atoms. The normalized spacial score (nSPS) is 60.0. The summed E-state index contributed by atoms with van der Waals surface area (Å²) in [4.78, 5) is 0. The highest BCUT2D eigenvalue weighted by Crippen LogP contribution is 2.82. The average molecular weight is 190 g/mol. The SMILES string of the molecule is C1CCC2(C34CCCCC3C4)CC2C1. The van der Waals surface area contributed by atoms with E-state index in [1.807, 2.05) is 0 Å². The van der Waals surface area contributed by atoms with Crippen LogP contribution in [0.15, 0.2) is 0 Å². The second-order valence-corrected chi connectivity index (χ2v) is 6.61. The zero-order valence-corrected chi connectivity index (χ0v) is 9.23. The Morgan fingerprint density at radius 2 is 1.14 bits per heavy atom. The Bertz CT molecular complexity index is 241. The summed E-state index contributed by atoms with van der Waals surface area (Å²) in [6, 6.07) is 0. The van der Waals surface area contributed by atoms with Crippen molar-refractivity contribution in [3.05, 3.63) is 0 Å². The Morgan fingerprint density at radius 3 is 1.57 bits per heavy atom. The highest BCUT2D eigenvalue weighted by atomic mass is 14.8. The van der Waals surface area contributed by atoms with E-state index in [1.54, 1.807) is 64.2 Å². The quantitative estimate of drug-likeness (QED) is 0.583. The van der Waals surface area contributed by atoms with Crippen LogP contribution in [0.1, 0.15) is 64.2 Å². The second-order valence-electron chi connectivity index (χ2n) is 6.61. The molecule has 0 radical (unpaired) electrons.